The normalized spacial score (nSPS) is 14.7. The summed E-state index contributed by atoms with van der Waals surface area (Å²) in [5.41, 5.74) is 2.92. The van der Waals surface area contributed by atoms with Crippen molar-refractivity contribution in [3.63, 3.8) is 0 Å². The summed E-state index contributed by atoms with van der Waals surface area (Å²) in [4.78, 5) is 2.83. The Labute approximate surface area is 215 Å². The molecule has 1 heterocycles. The van der Waals surface area contributed by atoms with Crippen LogP contribution in [0.2, 0.25) is 5.02 Å². The molecule has 0 atom stereocenters. The predicted molar refractivity (Wildman–Crippen MR) is 146 cm³/mol. The SMILES string of the molecule is O=S(=O)(c1ccc(Cl)cc1)N(Cc1ccccc1CCCCCN1CCCCC1)c1ccccc1. The minimum atomic E-state index is -3.76. The van der Waals surface area contributed by atoms with Gasteiger partial charge in [-0.25, -0.2) is 8.42 Å². The van der Waals surface area contributed by atoms with Gasteiger partial charge in [0.2, 0.25) is 0 Å². The van der Waals surface area contributed by atoms with Crippen molar-refractivity contribution in [2.45, 2.75) is 56.4 Å². The van der Waals surface area contributed by atoms with Crippen molar-refractivity contribution >= 4 is 27.3 Å². The van der Waals surface area contributed by atoms with Crippen LogP contribution >= 0.6 is 11.6 Å². The van der Waals surface area contributed by atoms with Crippen LogP contribution in [-0.4, -0.2) is 33.0 Å². The molecule has 0 saturated carbocycles. The van der Waals surface area contributed by atoms with Gasteiger partial charge in [0.25, 0.3) is 10.0 Å². The maximum Gasteiger partial charge on any atom is 0.264 e. The van der Waals surface area contributed by atoms with Crippen LogP contribution in [0.4, 0.5) is 5.69 Å². The van der Waals surface area contributed by atoms with Crippen molar-refractivity contribution in [1.82, 2.24) is 4.90 Å². The third-order valence-electron chi connectivity index (χ3n) is 6.75. The van der Waals surface area contributed by atoms with E-state index in [1.54, 1.807) is 24.3 Å². The summed E-state index contributed by atoms with van der Waals surface area (Å²) in [5, 5.41) is 0.515. The zero-order valence-corrected chi connectivity index (χ0v) is 21.9. The number of halogens is 1. The quantitative estimate of drug-likeness (QED) is 0.262. The first-order valence-corrected chi connectivity index (χ1v) is 14.5. The van der Waals surface area contributed by atoms with Crippen LogP contribution in [0.3, 0.4) is 0 Å². The lowest BCUT2D eigenvalue weighted by atomic mass is 10.0. The molecule has 4 rings (SSSR count). The summed E-state index contributed by atoms with van der Waals surface area (Å²) in [5.74, 6) is 0. The van der Waals surface area contributed by atoms with Gasteiger partial charge in [0.1, 0.15) is 0 Å². The van der Waals surface area contributed by atoms with Crippen LogP contribution in [0, 0.1) is 0 Å². The smallest absolute Gasteiger partial charge is 0.264 e. The second-order valence-electron chi connectivity index (χ2n) is 9.28. The predicted octanol–water partition coefficient (Wildman–Crippen LogP) is 6.93. The van der Waals surface area contributed by atoms with Crippen molar-refractivity contribution in [1.29, 1.82) is 0 Å². The molecule has 4 nitrogen and oxygen atoms in total. The maximum absolute atomic E-state index is 13.7. The van der Waals surface area contributed by atoms with Gasteiger partial charge in [0, 0.05) is 5.02 Å². The third-order valence-corrected chi connectivity index (χ3v) is 8.79. The van der Waals surface area contributed by atoms with Crippen LogP contribution in [0.25, 0.3) is 0 Å². The van der Waals surface area contributed by atoms with Gasteiger partial charge in [-0.2, -0.15) is 0 Å². The van der Waals surface area contributed by atoms with Crippen molar-refractivity contribution < 1.29 is 8.42 Å². The van der Waals surface area contributed by atoms with Crippen LogP contribution in [0.5, 0.6) is 0 Å². The number of likely N-dealkylation sites (tertiary alicyclic amines) is 1. The molecule has 1 saturated heterocycles. The number of nitrogens with zero attached hydrogens (tertiary/aromatic N) is 2. The number of aryl methyl sites for hydroxylation is 1. The van der Waals surface area contributed by atoms with Gasteiger partial charge in [-0.3, -0.25) is 4.31 Å². The van der Waals surface area contributed by atoms with Crippen molar-refractivity contribution in [3.8, 4) is 0 Å². The lowest BCUT2D eigenvalue weighted by Gasteiger charge is -2.26. The van der Waals surface area contributed by atoms with Crippen molar-refractivity contribution in [2.24, 2.45) is 0 Å². The molecule has 0 aromatic heterocycles. The van der Waals surface area contributed by atoms with E-state index in [-0.39, 0.29) is 4.90 Å². The molecule has 1 aliphatic heterocycles. The molecule has 0 spiro atoms. The average Bonchev–Trinajstić information content (AvgIpc) is 2.89. The molecule has 0 radical (unpaired) electrons. The van der Waals surface area contributed by atoms with E-state index in [2.05, 4.69) is 17.0 Å². The fourth-order valence-corrected chi connectivity index (χ4v) is 6.33. The molecule has 0 N–H and O–H groups in total. The highest BCUT2D eigenvalue weighted by atomic mass is 35.5. The standard InChI is InChI=1S/C29H35ClN2O2S/c30-27-17-19-29(20-18-27)35(33,34)32(28-15-5-1-6-16-28)24-26-14-8-7-13-25(26)12-4-2-9-21-31-22-10-3-11-23-31/h1,5-8,13-20H,2-4,9-12,21-24H2. The summed E-state index contributed by atoms with van der Waals surface area (Å²) >= 11 is 6.01. The number of sulfonamides is 1. The van der Waals surface area contributed by atoms with E-state index in [1.165, 1.54) is 61.6 Å². The molecule has 0 amide bonds. The molecule has 1 aliphatic rings. The topological polar surface area (TPSA) is 40.6 Å². The number of anilines is 1. The monoisotopic (exact) mass is 510 g/mol. The van der Waals surface area contributed by atoms with Crippen LogP contribution in [-0.2, 0) is 23.0 Å². The number of para-hydroxylation sites is 1. The number of hydrogen-bond acceptors (Lipinski definition) is 3. The molecule has 186 valence electrons. The number of benzene rings is 3. The van der Waals surface area contributed by atoms with Crippen LogP contribution in [0.1, 0.15) is 49.7 Å². The first-order valence-electron chi connectivity index (χ1n) is 12.7. The minimum Gasteiger partial charge on any atom is -0.303 e. The highest BCUT2D eigenvalue weighted by Gasteiger charge is 2.26. The molecule has 35 heavy (non-hydrogen) atoms. The Bertz CT molecular complexity index is 1160. The Morgan fingerprint density at radius 2 is 1.40 bits per heavy atom. The summed E-state index contributed by atoms with van der Waals surface area (Å²) in [6, 6.07) is 23.9. The Morgan fingerprint density at radius 1 is 0.743 bits per heavy atom. The van der Waals surface area contributed by atoms with Crippen LogP contribution in [0.15, 0.2) is 83.8 Å². The summed E-state index contributed by atoms with van der Waals surface area (Å²) in [6.45, 7) is 3.99. The van der Waals surface area contributed by atoms with Gasteiger partial charge in [-0.1, -0.05) is 66.9 Å². The molecule has 0 bridgehead atoms. The van der Waals surface area contributed by atoms with Gasteiger partial charge in [-0.15, -0.1) is 0 Å². The first-order chi connectivity index (χ1) is 17.0. The highest BCUT2D eigenvalue weighted by Crippen LogP contribution is 2.28. The molecule has 0 unspecified atom stereocenters. The number of unbranched alkanes of at least 4 members (excludes halogenated alkanes) is 2. The Hall–Kier alpha value is -2.34. The van der Waals surface area contributed by atoms with Gasteiger partial charge < -0.3 is 4.90 Å². The lowest BCUT2D eigenvalue weighted by Crippen LogP contribution is -2.31. The van der Waals surface area contributed by atoms with Gasteiger partial charge in [-0.05, 0) is 99.3 Å². The molecule has 3 aromatic carbocycles. The number of rotatable bonds is 11. The largest absolute Gasteiger partial charge is 0.303 e. The molecule has 6 heteroatoms. The van der Waals surface area contributed by atoms with E-state index in [4.69, 9.17) is 11.6 Å². The van der Waals surface area contributed by atoms with E-state index in [1.807, 2.05) is 42.5 Å². The van der Waals surface area contributed by atoms with E-state index in [9.17, 15) is 8.42 Å². The van der Waals surface area contributed by atoms with Crippen molar-refractivity contribution in [3.05, 3.63) is 95.0 Å². The van der Waals surface area contributed by atoms with Crippen molar-refractivity contribution in [2.75, 3.05) is 23.9 Å². The Balaban J connectivity index is 1.47. The lowest BCUT2D eigenvalue weighted by molar-refractivity contribution is 0.224. The van der Waals surface area contributed by atoms with E-state index < -0.39 is 10.0 Å². The number of hydrogen-bond donors (Lipinski definition) is 0. The van der Waals surface area contributed by atoms with Gasteiger partial charge in [0.05, 0.1) is 17.1 Å². The molecule has 0 aliphatic carbocycles. The molecular formula is C29H35ClN2O2S. The van der Waals surface area contributed by atoms with Gasteiger partial charge >= 0.3 is 0 Å². The fourth-order valence-electron chi connectivity index (χ4n) is 4.76. The first kappa shape index (κ1) is 25.7. The third kappa shape index (κ3) is 7.09. The van der Waals surface area contributed by atoms with E-state index in [0.29, 0.717) is 17.3 Å². The Kier molecular flexibility index (Phi) is 9.25. The molecular weight excluding hydrogens is 476 g/mol. The summed E-state index contributed by atoms with van der Waals surface area (Å²) < 4.78 is 28.9. The van der Waals surface area contributed by atoms with Crippen LogP contribution < -0.4 is 4.31 Å². The van der Waals surface area contributed by atoms with E-state index >= 15 is 0 Å². The maximum atomic E-state index is 13.7. The average molecular weight is 511 g/mol. The summed E-state index contributed by atoms with van der Waals surface area (Å²) in [7, 11) is -3.76. The summed E-state index contributed by atoms with van der Waals surface area (Å²) in [6.07, 6.45) is 8.54. The fraction of sp³-hybridized carbons (Fsp3) is 0.379. The second-order valence-corrected chi connectivity index (χ2v) is 11.6. The Morgan fingerprint density at radius 3 is 2.11 bits per heavy atom. The minimum absolute atomic E-state index is 0.237. The second kappa shape index (κ2) is 12.6. The molecule has 3 aromatic rings. The number of piperidine rings is 1. The zero-order valence-electron chi connectivity index (χ0n) is 20.3. The molecule has 1 fully saturated rings. The van der Waals surface area contributed by atoms with Gasteiger partial charge in [0.15, 0.2) is 0 Å². The van der Waals surface area contributed by atoms with E-state index in [0.717, 1.165) is 18.4 Å². The zero-order chi connectivity index (χ0) is 24.5. The highest BCUT2D eigenvalue weighted by molar-refractivity contribution is 7.92.